The Kier molecular flexibility index (Phi) is 7.27. The van der Waals surface area contributed by atoms with Crippen LogP contribution < -0.4 is 5.73 Å². The first-order valence-corrected chi connectivity index (χ1v) is 8.68. The van der Waals surface area contributed by atoms with E-state index in [1.807, 2.05) is 24.3 Å². The van der Waals surface area contributed by atoms with Gasteiger partial charge in [0.15, 0.2) is 0 Å². The Balaban J connectivity index is 2.03. The number of nitrogens with zero attached hydrogens (tertiary/aromatic N) is 2. The number of hydrogen-bond donors (Lipinski definition) is 1. The van der Waals surface area contributed by atoms with E-state index in [1.165, 1.54) is 11.1 Å². The van der Waals surface area contributed by atoms with E-state index in [0.717, 1.165) is 30.1 Å². The van der Waals surface area contributed by atoms with E-state index in [4.69, 9.17) is 22.6 Å². The van der Waals surface area contributed by atoms with Crippen molar-refractivity contribution in [2.45, 2.75) is 32.4 Å². The van der Waals surface area contributed by atoms with Crippen LogP contribution in [0.3, 0.4) is 0 Å². The van der Waals surface area contributed by atoms with Gasteiger partial charge in [-0.1, -0.05) is 54.9 Å². The highest BCUT2D eigenvalue weighted by atomic mass is 35.5. The molecule has 0 aliphatic carbocycles. The van der Waals surface area contributed by atoms with Crippen LogP contribution in [0.1, 0.15) is 36.1 Å². The first-order chi connectivity index (χ1) is 11.6. The smallest absolute Gasteiger partial charge is 0.0635 e. The van der Waals surface area contributed by atoms with Crippen LogP contribution in [-0.2, 0) is 13.0 Å². The Morgan fingerprint density at radius 3 is 2.29 bits per heavy atom. The van der Waals surface area contributed by atoms with Crippen LogP contribution in [0.2, 0.25) is 5.02 Å². The molecule has 0 saturated carbocycles. The van der Waals surface area contributed by atoms with Gasteiger partial charge in [0, 0.05) is 37.1 Å². The second kappa shape index (κ2) is 9.44. The normalized spacial score (nSPS) is 12.1. The van der Waals surface area contributed by atoms with E-state index in [1.54, 1.807) is 0 Å². The second-order valence-electron chi connectivity index (χ2n) is 5.97. The maximum absolute atomic E-state index is 8.90. The van der Waals surface area contributed by atoms with Crippen molar-refractivity contribution in [2.24, 2.45) is 5.73 Å². The van der Waals surface area contributed by atoms with Crippen molar-refractivity contribution in [3.8, 4) is 6.07 Å². The largest absolute Gasteiger partial charge is 0.323 e. The molecule has 0 fully saturated rings. The quantitative estimate of drug-likeness (QED) is 0.778. The summed E-state index contributed by atoms with van der Waals surface area (Å²) in [5, 5.41) is 9.63. The van der Waals surface area contributed by atoms with Gasteiger partial charge in [-0.2, -0.15) is 5.26 Å². The van der Waals surface area contributed by atoms with Crippen molar-refractivity contribution in [1.29, 1.82) is 5.26 Å². The van der Waals surface area contributed by atoms with Gasteiger partial charge in [0.1, 0.15) is 0 Å². The predicted octanol–water partition coefficient (Wildman–Crippen LogP) is 4.32. The van der Waals surface area contributed by atoms with Gasteiger partial charge >= 0.3 is 0 Å². The molecule has 0 bridgehead atoms. The van der Waals surface area contributed by atoms with Crippen LogP contribution in [0.4, 0.5) is 0 Å². The number of hydrogen-bond acceptors (Lipinski definition) is 3. The molecule has 1 atom stereocenters. The molecule has 0 radical (unpaired) electrons. The number of rotatable bonds is 8. The van der Waals surface area contributed by atoms with Crippen molar-refractivity contribution in [3.63, 3.8) is 0 Å². The van der Waals surface area contributed by atoms with Crippen molar-refractivity contribution in [2.75, 3.05) is 13.1 Å². The molecule has 0 heterocycles. The fraction of sp³-hybridized carbons (Fsp3) is 0.350. The SMILES string of the molecule is CCc1ccc(C(N)CN(CCC#N)Cc2ccc(Cl)cc2)cc1. The molecule has 0 aliphatic rings. The average Bonchev–Trinajstić information content (AvgIpc) is 2.61. The standard InChI is InChI=1S/C20H24ClN3/c1-2-16-4-8-18(9-5-16)20(23)15-24(13-3-12-22)14-17-6-10-19(21)11-7-17/h4-11,20H,2-3,13-15,23H2,1H3. The van der Waals surface area contributed by atoms with Crippen LogP contribution in [0.15, 0.2) is 48.5 Å². The molecule has 2 aromatic rings. The van der Waals surface area contributed by atoms with Gasteiger partial charge in [0.05, 0.1) is 6.07 Å². The highest BCUT2D eigenvalue weighted by molar-refractivity contribution is 6.30. The molecule has 0 aromatic heterocycles. The number of halogens is 1. The summed E-state index contributed by atoms with van der Waals surface area (Å²) < 4.78 is 0. The Bertz CT molecular complexity index is 659. The van der Waals surface area contributed by atoms with Gasteiger partial charge in [0.25, 0.3) is 0 Å². The third-order valence-electron chi connectivity index (χ3n) is 4.13. The summed E-state index contributed by atoms with van der Waals surface area (Å²) in [7, 11) is 0. The zero-order chi connectivity index (χ0) is 17.4. The Labute approximate surface area is 149 Å². The van der Waals surface area contributed by atoms with Gasteiger partial charge in [-0.15, -0.1) is 0 Å². The minimum Gasteiger partial charge on any atom is -0.323 e. The topological polar surface area (TPSA) is 53.0 Å². The van der Waals surface area contributed by atoms with Gasteiger partial charge in [-0.05, 0) is 35.2 Å². The van der Waals surface area contributed by atoms with Crippen molar-refractivity contribution in [1.82, 2.24) is 4.90 Å². The summed E-state index contributed by atoms with van der Waals surface area (Å²) in [5.41, 5.74) is 10.0. The van der Waals surface area contributed by atoms with Gasteiger partial charge < -0.3 is 5.73 Å². The lowest BCUT2D eigenvalue weighted by atomic mass is 10.0. The summed E-state index contributed by atoms with van der Waals surface area (Å²) in [6.07, 6.45) is 1.52. The summed E-state index contributed by atoms with van der Waals surface area (Å²) >= 11 is 5.94. The van der Waals surface area contributed by atoms with Gasteiger partial charge in [-0.3, -0.25) is 4.90 Å². The van der Waals surface area contributed by atoms with Crippen molar-refractivity contribution >= 4 is 11.6 Å². The number of nitrogens with two attached hydrogens (primary N) is 1. The molecule has 4 heteroatoms. The molecular weight excluding hydrogens is 318 g/mol. The lowest BCUT2D eigenvalue weighted by Crippen LogP contribution is -2.32. The Morgan fingerprint density at radius 2 is 1.71 bits per heavy atom. The molecular formula is C20H24ClN3. The van der Waals surface area contributed by atoms with Gasteiger partial charge in [0.2, 0.25) is 0 Å². The first kappa shape index (κ1) is 18.5. The maximum Gasteiger partial charge on any atom is 0.0635 e. The van der Waals surface area contributed by atoms with Crippen LogP contribution in [0.5, 0.6) is 0 Å². The summed E-state index contributed by atoms with van der Waals surface area (Å²) in [4.78, 5) is 2.23. The van der Waals surface area contributed by atoms with E-state index in [-0.39, 0.29) is 6.04 Å². The first-order valence-electron chi connectivity index (χ1n) is 8.30. The fourth-order valence-corrected chi connectivity index (χ4v) is 2.80. The maximum atomic E-state index is 8.90. The fourth-order valence-electron chi connectivity index (χ4n) is 2.68. The number of benzene rings is 2. The van der Waals surface area contributed by atoms with E-state index in [2.05, 4.69) is 42.2 Å². The highest BCUT2D eigenvalue weighted by Crippen LogP contribution is 2.16. The van der Waals surface area contributed by atoms with Crippen LogP contribution >= 0.6 is 11.6 Å². The molecule has 0 aliphatic heterocycles. The monoisotopic (exact) mass is 341 g/mol. The van der Waals surface area contributed by atoms with Crippen LogP contribution in [0.25, 0.3) is 0 Å². The lowest BCUT2D eigenvalue weighted by Gasteiger charge is -2.25. The van der Waals surface area contributed by atoms with E-state index < -0.39 is 0 Å². The molecule has 1 unspecified atom stereocenters. The molecule has 0 amide bonds. The van der Waals surface area contributed by atoms with E-state index in [9.17, 15) is 0 Å². The highest BCUT2D eigenvalue weighted by Gasteiger charge is 2.13. The second-order valence-corrected chi connectivity index (χ2v) is 6.41. The summed E-state index contributed by atoms with van der Waals surface area (Å²) in [6, 6.07) is 18.4. The molecule has 2 N–H and O–H groups in total. The molecule has 0 spiro atoms. The summed E-state index contributed by atoms with van der Waals surface area (Å²) in [5.74, 6) is 0. The molecule has 0 saturated heterocycles. The van der Waals surface area contributed by atoms with Crippen LogP contribution in [-0.4, -0.2) is 18.0 Å². The minimum absolute atomic E-state index is 0.0677. The molecule has 3 nitrogen and oxygen atoms in total. The third-order valence-corrected chi connectivity index (χ3v) is 4.38. The Hall–Kier alpha value is -1.86. The number of aryl methyl sites for hydroxylation is 1. The van der Waals surface area contributed by atoms with E-state index in [0.29, 0.717) is 13.0 Å². The zero-order valence-corrected chi connectivity index (χ0v) is 14.8. The molecule has 2 rings (SSSR count). The van der Waals surface area contributed by atoms with Gasteiger partial charge in [-0.25, -0.2) is 0 Å². The van der Waals surface area contributed by atoms with Crippen molar-refractivity contribution in [3.05, 3.63) is 70.2 Å². The predicted molar refractivity (Wildman–Crippen MR) is 99.7 cm³/mol. The average molecular weight is 342 g/mol. The number of nitriles is 1. The third kappa shape index (κ3) is 5.65. The zero-order valence-electron chi connectivity index (χ0n) is 14.1. The minimum atomic E-state index is -0.0677. The molecule has 126 valence electrons. The van der Waals surface area contributed by atoms with E-state index >= 15 is 0 Å². The van der Waals surface area contributed by atoms with Crippen LogP contribution in [0, 0.1) is 11.3 Å². The lowest BCUT2D eigenvalue weighted by molar-refractivity contribution is 0.255. The molecule has 2 aromatic carbocycles. The Morgan fingerprint density at radius 1 is 1.08 bits per heavy atom. The molecule has 24 heavy (non-hydrogen) atoms. The summed E-state index contributed by atoms with van der Waals surface area (Å²) in [6.45, 7) is 4.33. The van der Waals surface area contributed by atoms with Crippen molar-refractivity contribution < 1.29 is 0 Å².